The summed E-state index contributed by atoms with van der Waals surface area (Å²) in [6.45, 7) is 0. The third-order valence-electron chi connectivity index (χ3n) is 2.48. The smallest absolute Gasteiger partial charge is 0.259 e. The molecule has 0 atom stereocenters. The van der Waals surface area contributed by atoms with Crippen molar-refractivity contribution in [3.63, 3.8) is 0 Å². The van der Waals surface area contributed by atoms with Crippen molar-refractivity contribution < 1.29 is 4.79 Å². The van der Waals surface area contributed by atoms with Gasteiger partial charge in [-0.25, -0.2) is 10.8 Å². The minimum atomic E-state index is -0.470. The number of hydrogen-bond acceptors (Lipinski definition) is 4. The number of nitrogens with zero attached hydrogens (tertiary/aromatic N) is 1. The minimum absolute atomic E-state index is 0.219. The van der Waals surface area contributed by atoms with Crippen LogP contribution >= 0.6 is 50.7 Å². The highest BCUT2D eigenvalue weighted by atomic mass is 79.9. The second-order valence-electron chi connectivity index (χ2n) is 3.89. The Morgan fingerprint density at radius 2 is 1.81 bits per heavy atom. The summed E-state index contributed by atoms with van der Waals surface area (Å²) in [6.07, 6.45) is 1.51. The number of carbonyl (C=O) groups is 1. The Balaban J connectivity index is 2.37. The molecule has 21 heavy (non-hydrogen) atoms. The van der Waals surface area contributed by atoms with Crippen LogP contribution in [0.5, 0.6) is 0 Å². The maximum absolute atomic E-state index is 12.3. The fourth-order valence-electron chi connectivity index (χ4n) is 1.57. The van der Waals surface area contributed by atoms with E-state index in [9.17, 15) is 4.79 Å². The average Bonchev–Trinajstić information content (AvgIpc) is 2.42. The molecule has 1 amide bonds. The van der Waals surface area contributed by atoms with Gasteiger partial charge in [-0.1, -0.05) is 34.8 Å². The molecule has 4 N–H and O–H groups in total. The Kier molecular flexibility index (Phi) is 5.29. The number of hydrazine groups is 1. The molecule has 0 unspecified atom stereocenters. The molecule has 1 aromatic heterocycles. The van der Waals surface area contributed by atoms with Crippen LogP contribution in [-0.4, -0.2) is 10.9 Å². The first-order valence-corrected chi connectivity index (χ1v) is 7.43. The van der Waals surface area contributed by atoms with E-state index in [-0.39, 0.29) is 27.1 Å². The number of nitrogens with one attached hydrogen (secondary N) is 2. The lowest BCUT2D eigenvalue weighted by atomic mass is 10.2. The van der Waals surface area contributed by atoms with Crippen LogP contribution in [0.3, 0.4) is 0 Å². The monoisotopic (exact) mass is 408 g/mol. The van der Waals surface area contributed by atoms with Gasteiger partial charge in [0, 0.05) is 15.7 Å². The van der Waals surface area contributed by atoms with Crippen molar-refractivity contribution in [1.82, 2.24) is 4.98 Å². The van der Waals surface area contributed by atoms with Crippen LogP contribution in [0, 0.1) is 0 Å². The van der Waals surface area contributed by atoms with Gasteiger partial charge in [0.15, 0.2) is 5.82 Å². The molecule has 1 heterocycles. The first kappa shape index (κ1) is 16.3. The van der Waals surface area contributed by atoms with Gasteiger partial charge in [0.05, 0.1) is 21.3 Å². The van der Waals surface area contributed by atoms with Crippen LogP contribution in [0.25, 0.3) is 0 Å². The van der Waals surface area contributed by atoms with E-state index < -0.39 is 5.91 Å². The molecule has 0 fully saturated rings. The third-order valence-corrected chi connectivity index (χ3v) is 3.73. The number of hydrogen-bond donors (Lipinski definition) is 3. The van der Waals surface area contributed by atoms with Gasteiger partial charge in [-0.15, -0.1) is 0 Å². The lowest BCUT2D eigenvalue weighted by molar-refractivity contribution is 0.102. The molecule has 0 saturated carbocycles. The van der Waals surface area contributed by atoms with E-state index in [1.54, 1.807) is 6.07 Å². The first-order chi connectivity index (χ1) is 9.92. The fourth-order valence-corrected chi connectivity index (χ4v) is 2.81. The summed E-state index contributed by atoms with van der Waals surface area (Å²) < 4.78 is 0.625. The van der Waals surface area contributed by atoms with Gasteiger partial charge in [0.25, 0.3) is 5.91 Å². The van der Waals surface area contributed by atoms with Crippen LogP contribution in [0.1, 0.15) is 10.4 Å². The summed E-state index contributed by atoms with van der Waals surface area (Å²) >= 11 is 21.1. The zero-order valence-electron chi connectivity index (χ0n) is 10.3. The molecular weight excluding hydrogens is 402 g/mol. The number of aromatic nitrogens is 1. The lowest BCUT2D eigenvalue weighted by Gasteiger charge is -2.12. The quantitative estimate of drug-likeness (QED) is 0.519. The van der Waals surface area contributed by atoms with Gasteiger partial charge in [-0.05, 0) is 34.1 Å². The predicted molar refractivity (Wildman–Crippen MR) is 89.2 cm³/mol. The summed E-state index contributed by atoms with van der Waals surface area (Å²) in [4.78, 5) is 16.3. The van der Waals surface area contributed by atoms with E-state index in [1.807, 2.05) is 0 Å². The van der Waals surface area contributed by atoms with Crippen molar-refractivity contribution >= 4 is 68.1 Å². The average molecular weight is 410 g/mol. The molecular formula is C12H8BrCl3N4O. The highest BCUT2D eigenvalue weighted by molar-refractivity contribution is 9.10. The van der Waals surface area contributed by atoms with Crippen LogP contribution in [-0.2, 0) is 0 Å². The molecule has 5 nitrogen and oxygen atoms in total. The number of nitrogens with two attached hydrogens (primary N) is 1. The SMILES string of the molecule is NNc1ncc(Br)cc1C(=O)Nc1c(Cl)cc(Cl)cc1Cl. The van der Waals surface area contributed by atoms with E-state index in [1.165, 1.54) is 18.3 Å². The van der Waals surface area contributed by atoms with Crippen molar-refractivity contribution in [1.29, 1.82) is 0 Å². The number of carbonyl (C=O) groups excluding carboxylic acids is 1. The molecule has 2 rings (SSSR count). The summed E-state index contributed by atoms with van der Waals surface area (Å²) in [5.74, 6) is 5.08. The topological polar surface area (TPSA) is 80.0 Å². The highest BCUT2D eigenvalue weighted by Crippen LogP contribution is 2.34. The number of pyridine rings is 1. The second-order valence-corrected chi connectivity index (χ2v) is 6.06. The zero-order valence-corrected chi connectivity index (χ0v) is 14.1. The summed E-state index contributed by atoms with van der Waals surface area (Å²) in [5.41, 5.74) is 2.84. The first-order valence-electron chi connectivity index (χ1n) is 5.50. The van der Waals surface area contributed by atoms with E-state index >= 15 is 0 Å². The zero-order chi connectivity index (χ0) is 15.6. The minimum Gasteiger partial charge on any atom is -0.319 e. The summed E-state index contributed by atoms with van der Waals surface area (Å²) in [5, 5.41) is 3.43. The Morgan fingerprint density at radius 3 is 2.38 bits per heavy atom. The van der Waals surface area contributed by atoms with Gasteiger partial charge in [-0.3, -0.25) is 4.79 Å². The maximum Gasteiger partial charge on any atom is 0.259 e. The lowest BCUT2D eigenvalue weighted by Crippen LogP contribution is -2.18. The third kappa shape index (κ3) is 3.78. The normalized spacial score (nSPS) is 10.3. The Bertz CT molecular complexity index is 688. The van der Waals surface area contributed by atoms with Crippen molar-refractivity contribution in [3.05, 3.63) is 49.5 Å². The summed E-state index contributed by atoms with van der Waals surface area (Å²) in [7, 11) is 0. The van der Waals surface area contributed by atoms with E-state index in [2.05, 4.69) is 31.7 Å². The molecule has 0 aliphatic carbocycles. The molecule has 0 bridgehead atoms. The number of benzene rings is 1. The van der Waals surface area contributed by atoms with Crippen molar-refractivity contribution in [3.8, 4) is 0 Å². The van der Waals surface area contributed by atoms with Gasteiger partial charge >= 0.3 is 0 Å². The highest BCUT2D eigenvalue weighted by Gasteiger charge is 2.16. The molecule has 0 spiro atoms. The van der Waals surface area contributed by atoms with Gasteiger partial charge in [-0.2, -0.15) is 0 Å². The van der Waals surface area contributed by atoms with Gasteiger partial charge in [0.2, 0.25) is 0 Å². The van der Waals surface area contributed by atoms with E-state index in [0.717, 1.165) is 0 Å². The van der Waals surface area contributed by atoms with Crippen molar-refractivity contribution in [2.24, 2.45) is 5.84 Å². The molecule has 2 aromatic rings. The molecule has 9 heteroatoms. The van der Waals surface area contributed by atoms with Crippen molar-refractivity contribution in [2.45, 2.75) is 0 Å². The van der Waals surface area contributed by atoms with Crippen LogP contribution < -0.4 is 16.6 Å². The number of rotatable bonds is 3. The van der Waals surface area contributed by atoms with Crippen LogP contribution in [0.2, 0.25) is 15.1 Å². The predicted octanol–water partition coefficient (Wildman–Crippen LogP) is 4.34. The summed E-state index contributed by atoms with van der Waals surface area (Å²) in [6, 6.07) is 4.52. The molecule has 0 aliphatic heterocycles. The van der Waals surface area contributed by atoms with E-state index in [4.69, 9.17) is 40.6 Å². The Hall–Kier alpha value is -1.05. The number of amides is 1. The Labute approximate surface area is 143 Å². The molecule has 0 aliphatic rings. The number of nitrogen functional groups attached to an aromatic ring is 1. The molecule has 110 valence electrons. The van der Waals surface area contributed by atoms with Crippen LogP contribution in [0.15, 0.2) is 28.9 Å². The number of anilines is 2. The van der Waals surface area contributed by atoms with Gasteiger partial charge in [0.1, 0.15) is 0 Å². The standard InChI is InChI=1S/C12H8BrCl3N4O/c13-5-1-7(11(20-17)18-4-5)12(21)19-10-8(15)2-6(14)3-9(10)16/h1-4H,17H2,(H,18,20)(H,19,21). The second kappa shape index (κ2) is 6.81. The van der Waals surface area contributed by atoms with E-state index in [0.29, 0.717) is 9.50 Å². The Morgan fingerprint density at radius 1 is 1.19 bits per heavy atom. The molecule has 1 aromatic carbocycles. The fraction of sp³-hybridized carbons (Fsp3) is 0. The molecule has 0 radical (unpaired) electrons. The largest absolute Gasteiger partial charge is 0.319 e. The maximum atomic E-state index is 12.3. The van der Waals surface area contributed by atoms with Crippen molar-refractivity contribution in [2.75, 3.05) is 10.7 Å². The van der Waals surface area contributed by atoms with Gasteiger partial charge < -0.3 is 10.7 Å². The number of halogens is 4. The van der Waals surface area contributed by atoms with Crippen LogP contribution in [0.4, 0.5) is 11.5 Å². The molecule has 0 saturated heterocycles.